The number of amides is 1. The zero-order valence-corrected chi connectivity index (χ0v) is 10.0. The van der Waals surface area contributed by atoms with Crippen molar-refractivity contribution in [2.45, 2.75) is 44.7 Å². The lowest BCUT2D eigenvalue weighted by atomic mass is 9.86. The Kier molecular flexibility index (Phi) is 3.73. The van der Waals surface area contributed by atoms with Crippen molar-refractivity contribution in [3.8, 4) is 0 Å². The molecule has 1 unspecified atom stereocenters. The Balaban J connectivity index is 1.85. The van der Waals surface area contributed by atoms with E-state index in [1.165, 1.54) is 6.33 Å². The van der Waals surface area contributed by atoms with Crippen molar-refractivity contribution in [1.82, 2.24) is 20.5 Å². The second kappa shape index (κ2) is 5.27. The van der Waals surface area contributed by atoms with E-state index >= 15 is 0 Å². The van der Waals surface area contributed by atoms with Crippen LogP contribution in [0.1, 0.15) is 44.5 Å². The molecule has 0 saturated heterocycles. The third kappa shape index (κ3) is 3.03. The first-order valence-electron chi connectivity index (χ1n) is 6.08. The van der Waals surface area contributed by atoms with Gasteiger partial charge >= 0.3 is 0 Å². The summed E-state index contributed by atoms with van der Waals surface area (Å²) in [6, 6.07) is 0.145. The van der Waals surface area contributed by atoms with E-state index in [4.69, 9.17) is 5.73 Å². The third-order valence-electron chi connectivity index (χ3n) is 3.35. The van der Waals surface area contributed by atoms with Crippen LogP contribution in [0.15, 0.2) is 6.33 Å². The van der Waals surface area contributed by atoms with Gasteiger partial charge in [0.15, 0.2) is 0 Å². The molecule has 1 aromatic rings. The van der Waals surface area contributed by atoms with Crippen LogP contribution in [0.5, 0.6) is 0 Å². The van der Waals surface area contributed by atoms with Gasteiger partial charge < -0.3 is 11.1 Å². The quantitative estimate of drug-likeness (QED) is 0.713. The summed E-state index contributed by atoms with van der Waals surface area (Å²) < 4.78 is 0. The van der Waals surface area contributed by atoms with Crippen molar-refractivity contribution >= 4 is 5.91 Å². The van der Waals surface area contributed by atoms with Gasteiger partial charge in [-0.1, -0.05) is 0 Å². The Labute approximate surface area is 100 Å². The minimum Gasteiger partial charge on any atom is -0.346 e. The molecule has 0 aliphatic heterocycles. The molecule has 1 aliphatic carbocycles. The number of nitrogens with zero attached hydrogens (tertiary/aromatic N) is 2. The molecule has 0 radical (unpaired) electrons. The fourth-order valence-electron chi connectivity index (χ4n) is 2.20. The van der Waals surface area contributed by atoms with Crippen LogP contribution in [0.25, 0.3) is 0 Å². The van der Waals surface area contributed by atoms with Crippen LogP contribution in [0, 0.1) is 5.92 Å². The van der Waals surface area contributed by atoms with Gasteiger partial charge in [-0.3, -0.25) is 9.89 Å². The van der Waals surface area contributed by atoms with Crippen LogP contribution in [0.4, 0.5) is 0 Å². The van der Waals surface area contributed by atoms with Crippen LogP contribution in [0.2, 0.25) is 0 Å². The highest BCUT2D eigenvalue weighted by Gasteiger charge is 2.25. The summed E-state index contributed by atoms with van der Waals surface area (Å²) in [7, 11) is 0. The highest BCUT2D eigenvalue weighted by atomic mass is 16.1. The third-order valence-corrected chi connectivity index (χ3v) is 3.35. The summed E-state index contributed by atoms with van der Waals surface area (Å²) in [5, 5.41) is 9.48. The molecule has 0 bridgehead atoms. The first kappa shape index (κ1) is 12.0. The minimum atomic E-state index is -0.124. The monoisotopic (exact) mass is 237 g/mol. The first-order valence-corrected chi connectivity index (χ1v) is 6.08. The van der Waals surface area contributed by atoms with E-state index in [2.05, 4.69) is 20.5 Å². The molecular weight excluding hydrogens is 218 g/mol. The van der Waals surface area contributed by atoms with Crippen LogP contribution in [0.3, 0.4) is 0 Å². The van der Waals surface area contributed by atoms with Gasteiger partial charge in [0.25, 0.3) is 0 Å². The molecule has 1 atom stereocenters. The number of rotatable bonds is 3. The molecule has 1 fully saturated rings. The number of carbonyl (C=O) groups excluding carboxylic acids is 1. The molecule has 6 heteroatoms. The van der Waals surface area contributed by atoms with Crippen molar-refractivity contribution in [3.05, 3.63) is 12.2 Å². The predicted molar refractivity (Wildman–Crippen MR) is 62.9 cm³/mol. The number of hydrogen-bond donors (Lipinski definition) is 3. The molecule has 4 N–H and O–H groups in total. The normalized spacial score (nSPS) is 26.5. The molecular formula is C11H19N5O. The summed E-state index contributed by atoms with van der Waals surface area (Å²) in [6.45, 7) is 1.90. The lowest BCUT2D eigenvalue weighted by Crippen LogP contribution is -2.37. The summed E-state index contributed by atoms with van der Waals surface area (Å²) in [6.07, 6.45) is 5.09. The van der Waals surface area contributed by atoms with E-state index in [0.29, 0.717) is 5.82 Å². The van der Waals surface area contributed by atoms with E-state index in [9.17, 15) is 4.79 Å². The highest BCUT2D eigenvalue weighted by molar-refractivity contribution is 5.79. The van der Waals surface area contributed by atoms with Crippen LogP contribution in [-0.4, -0.2) is 27.1 Å². The number of hydrogen-bond acceptors (Lipinski definition) is 4. The summed E-state index contributed by atoms with van der Waals surface area (Å²) in [4.78, 5) is 16.0. The smallest absolute Gasteiger partial charge is 0.223 e. The molecule has 0 spiro atoms. The molecule has 1 saturated carbocycles. The van der Waals surface area contributed by atoms with Gasteiger partial charge in [0.05, 0.1) is 6.04 Å². The van der Waals surface area contributed by atoms with Crippen molar-refractivity contribution in [2.75, 3.05) is 0 Å². The number of nitrogens with two attached hydrogens (primary N) is 1. The largest absolute Gasteiger partial charge is 0.346 e. The second-order valence-electron chi connectivity index (χ2n) is 4.71. The maximum Gasteiger partial charge on any atom is 0.223 e. The maximum absolute atomic E-state index is 12.0. The Bertz CT molecular complexity index is 356. The lowest BCUT2D eigenvalue weighted by molar-refractivity contribution is -0.126. The van der Waals surface area contributed by atoms with Crippen LogP contribution >= 0.6 is 0 Å². The molecule has 1 amide bonds. The van der Waals surface area contributed by atoms with Crippen molar-refractivity contribution < 1.29 is 4.79 Å². The van der Waals surface area contributed by atoms with E-state index in [1.807, 2.05) is 6.92 Å². The lowest BCUT2D eigenvalue weighted by Gasteiger charge is -2.26. The average Bonchev–Trinajstić information content (AvgIpc) is 2.83. The van der Waals surface area contributed by atoms with E-state index in [0.717, 1.165) is 25.7 Å². The SMILES string of the molecule is CC(NC(=O)C1CCC(N)CC1)c1ncn[nH]1. The fraction of sp³-hybridized carbons (Fsp3) is 0.727. The summed E-state index contributed by atoms with van der Waals surface area (Å²) in [5.74, 6) is 0.881. The number of aromatic amines is 1. The predicted octanol–water partition coefficient (Wildman–Crippen LogP) is 0.499. The van der Waals surface area contributed by atoms with Crippen molar-refractivity contribution in [1.29, 1.82) is 0 Å². The first-order chi connectivity index (χ1) is 8.16. The summed E-state index contributed by atoms with van der Waals surface area (Å²) >= 11 is 0. The maximum atomic E-state index is 12.0. The van der Waals surface area contributed by atoms with E-state index in [-0.39, 0.29) is 23.9 Å². The number of H-pyrrole nitrogens is 1. The average molecular weight is 237 g/mol. The molecule has 1 heterocycles. The van der Waals surface area contributed by atoms with Crippen molar-refractivity contribution in [2.24, 2.45) is 11.7 Å². The van der Waals surface area contributed by atoms with E-state index in [1.54, 1.807) is 0 Å². The topological polar surface area (TPSA) is 96.7 Å². The molecule has 17 heavy (non-hydrogen) atoms. The number of aromatic nitrogens is 3. The zero-order valence-electron chi connectivity index (χ0n) is 10.0. The second-order valence-corrected chi connectivity index (χ2v) is 4.71. The molecule has 94 valence electrons. The molecule has 1 aliphatic rings. The van der Waals surface area contributed by atoms with Gasteiger partial charge in [-0.2, -0.15) is 5.10 Å². The van der Waals surface area contributed by atoms with Gasteiger partial charge in [-0.15, -0.1) is 0 Å². The number of carbonyl (C=O) groups is 1. The van der Waals surface area contributed by atoms with Gasteiger partial charge in [0, 0.05) is 12.0 Å². The molecule has 1 aromatic heterocycles. The Morgan fingerprint density at radius 3 is 2.82 bits per heavy atom. The highest BCUT2D eigenvalue weighted by Crippen LogP contribution is 2.23. The fourth-order valence-corrected chi connectivity index (χ4v) is 2.20. The van der Waals surface area contributed by atoms with Crippen LogP contribution < -0.4 is 11.1 Å². The van der Waals surface area contributed by atoms with Gasteiger partial charge in [0.1, 0.15) is 12.2 Å². The Morgan fingerprint density at radius 1 is 1.53 bits per heavy atom. The summed E-state index contributed by atoms with van der Waals surface area (Å²) in [5.41, 5.74) is 5.82. The zero-order chi connectivity index (χ0) is 12.3. The minimum absolute atomic E-state index is 0.0974. The van der Waals surface area contributed by atoms with Gasteiger partial charge in [0.2, 0.25) is 5.91 Å². The van der Waals surface area contributed by atoms with Crippen LogP contribution in [-0.2, 0) is 4.79 Å². The number of nitrogens with one attached hydrogen (secondary N) is 2. The Morgan fingerprint density at radius 2 is 2.24 bits per heavy atom. The van der Waals surface area contributed by atoms with E-state index < -0.39 is 0 Å². The van der Waals surface area contributed by atoms with Gasteiger partial charge in [-0.25, -0.2) is 4.98 Å². The molecule has 2 rings (SSSR count). The van der Waals surface area contributed by atoms with Crippen molar-refractivity contribution in [3.63, 3.8) is 0 Å². The van der Waals surface area contributed by atoms with Gasteiger partial charge in [-0.05, 0) is 32.6 Å². The molecule has 0 aromatic carbocycles. The standard InChI is InChI=1S/C11H19N5O/c1-7(10-13-6-14-16-10)15-11(17)8-2-4-9(12)5-3-8/h6-9H,2-5,12H2,1H3,(H,15,17)(H,13,14,16). The Hall–Kier alpha value is -1.43. The molecule has 6 nitrogen and oxygen atoms in total.